The molecule has 0 aliphatic rings. The minimum atomic E-state index is -2.94. The maximum atomic E-state index is 11.2. The zero-order valence-corrected chi connectivity index (χ0v) is 10.5. The lowest BCUT2D eigenvalue weighted by Gasteiger charge is -2.06. The average Bonchev–Trinajstić information content (AvgIpc) is 2.29. The molecule has 0 fully saturated rings. The van der Waals surface area contributed by atoms with Crippen LogP contribution >= 0.6 is 0 Å². The van der Waals surface area contributed by atoms with Gasteiger partial charge in [-0.2, -0.15) is 0 Å². The summed E-state index contributed by atoms with van der Waals surface area (Å²) >= 11 is 0. The molecule has 0 atom stereocenters. The maximum Gasteiger partial charge on any atom is 0.157 e. The average molecular weight is 259 g/mol. The molecular weight excluding hydrogens is 242 g/mol. The fraction of sp³-hybridized carbons (Fsp3) is 0.455. The largest absolute Gasteiger partial charge is 0.504 e. The van der Waals surface area contributed by atoms with Crippen molar-refractivity contribution in [1.29, 1.82) is 0 Å². The zero-order valence-electron chi connectivity index (χ0n) is 9.68. The van der Waals surface area contributed by atoms with E-state index in [1.165, 1.54) is 12.1 Å². The number of hydrogen-bond acceptors (Lipinski definition) is 5. The van der Waals surface area contributed by atoms with Crippen LogP contribution in [0.1, 0.15) is 12.5 Å². The third-order valence-electron chi connectivity index (χ3n) is 2.40. The van der Waals surface area contributed by atoms with Crippen LogP contribution in [0.25, 0.3) is 0 Å². The summed E-state index contributed by atoms with van der Waals surface area (Å²) in [5, 5.41) is 21.3. The molecule has 0 saturated carbocycles. The fourth-order valence-electron chi connectivity index (χ4n) is 1.28. The second-order valence-corrected chi connectivity index (χ2v) is 6.21. The Morgan fingerprint density at radius 1 is 1.24 bits per heavy atom. The Kier molecular flexibility index (Phi) is 4.77. The first kappa shape index (κ1) is 13.8. The molecule has 0 aromatic heterocycles. The van der Waals surface area contributed by atoms with E-state index in [0.29, 0.717) is 13.1 Å². The number of sulfone groups is 1. The molecule has 3 N–H and O–H groups in total. The van der Waals surface area contributed by atoms with Gasteiger partial charge in [-0.25, -0.2) is 8.42 Å². The highest BCUT2D eigenvalue weighted by Gasteiger charge is 2.06. The van der Waals surface area contributed by atoms with Gasteiger partial charge in [0, 0.05) is 18.8 Å². The van der Waals surface area contributed by atoms with E-state index >= 15 is 0 Å². The summed E-state index contributed by atoms with van der Waals surface area (Å²) < 4.78 is 22.4. The van der Waals surface area contributed by atoms with E-state index in [9.17, 15) is 13.5 Å². The van der Waals surface area contributed by atoms with Crippen molar-refractivity contribution in [2.75, 3.05) is 18.1 Å². The van der Waals surface area contributed by atoms with E-state index in [1.54, 1.807) is 13.0 Å². The smallest absolute Gasteiger partial charge is 0.157 e. The van der Waals surface area contributed by atoms with Crippen molar-refractivity contribution in [3.8, 4) is 11.5 Å². The van der Waals surface area contributed by atoms with Gasteiger partial charge in [-0.3, -0.25) is 0 Å². The topological polar surface area (TPSA) is 86.6 Å². The van der Waals surface area contributed by atoms with Crippen LogP contribution in [0.3, 0.4) is 0 Å². The first-order valence-corrected chi connectivity index (χ1v) is 7.19. The van der Waals surface area contributed by atoms with Crippen LogP contribution < -0.4 is 5.32 Å². The molecule has 5 nitrogen and oxygen atoms in total. The molecule has 0 aliphatic heterocycles. The number of phenols is 2. The monoisotopic (exact) mass is 259 g/mol. The quantitative estimate of drug-likeness (QED) is 0.515. The Morgan fingerprint density at radius 3 is 2.53 bits per heavy atom. The molecule has 17 heavy (non-hydrogen) atoms. The highest BCUT2D eigenvalue weighted by atomic mass is 32.2. The van der Waals surface area contributed by atoms with Crippen LogP contribution in [0.15, 0.2) is 18.2 Å². The van der Waals surface area contributed by atoms with E-state index in [0.717, 1.165) is 5.56 Å². The van der Waals surface area contributed by atoms with Crippen LogP contribution in [0.2, 0.25) is 0 Å². The summed E-state index contributed by atoms with van der Waals surface area (Å²) in [6.45, 7) is 2.44. The number of aromatic hydroxyl groups is 2. The van der Waals surface area contributed by atoms with Gasteiger partial charge in [0.15, 0.2) is 21.3 Å². The number of nitrogens with one attached hydrogen (secondary N) is 1. The van der Waals surface area contributed by atoms with Crippen LogP contribution in [-0.4, -0.2) is 36.7 Å². The molecule has 0 heterocycles. The molecule has 1 aromatic carbocycles. The summed E-state index contributed by atoms with van der Waals surface area (Å²) in [5.41, 5.74) is 0.786. The third kappa shape index (κ3) is 4.62. The second-order valence-electron chi connectivity index (χ2n) is 3.74. The van der Waals surface area contributed by atoms with E-state index in [1.807, 2.05) is 0 Å². The molecule has 0 amide bonds. The summed E-state index contributed by atoms with van der Waals surface area (Å²) in [6, 6.07) is 4.50. The number of hydrogen-bond donors (Lipinski definition) is 3. The molecule has 6 heteroatoms. The predicted octanol–water partition coefficient (Wildman–Crippen LogP) is 0.622. The SMILES string of the molecule is CCS(=O)(=O)CCNCc1ccc(O)c(O)c1. The summed E-state index contributed by atoms with van der Waals surface area (Å²) in [5.74, 6) is -0.0878. The Hall–Kier alpha value is -1.27. The zero-order chi connectivity index (χ0) is 12.9. The summed E-state index contributed by atoms with van der Waals surface area (Å²) in [6.07, 6.45) is 0. The van der Waals surface area contributed by atoms with E-state index in [4.69, 9.17) is 5.11 Å². The van der Waals surface area contributed by atoms with Gasteiger partial charge in [-0.1, -0.05) is 13.0 Å². The van der Waals surface area contributed by atoms with Gasteiger partial charge in [0.1, 0.15) is 0 Å². The van der Waals surface area contributed by atoms with Gasteiger partial charge >= 0.3 is 0 Å². The molecule has 1 rings (SSSR count). The normalized spacial score (nSPS) is 11.6. The van der Waals surface area contributed by atoms with Crippen molar-refractivity contribution in [1.82, 2.24) is 5.32 Å². The first-order valence-electron chi connectivity index (χ1n) is 5.36. The molecule has 0 unspecified atom stereocenters. The third-order valence-corrected chi connectivity index (χ3v) is 4.10. The lowest BCUT2D eigenvalue weighted by molar-refractivity contribution is 0.403. The van der Waals surface area contributed by atoms with Gasteiger partial charge in [0.05, 0.1) is 5.75 Å². The van der Waals surface area contributed by atoms with Crippen LogP contribution in [0, 0.1) is 0 Å². The number of rotatable bonds is 6. The van der Waals surface area contributed by atoms with Gasteiger partial charge in [0.25, 0.3) is 0 Å². The van der Waals surface area contributed by atoms with Crippen molar-refractivity contribution >= 4 is 9.84 Å². The molecule has 0 saturated heterocycles. The van der Waals surface area contributed by atoms with E-state index in [-0.39, 0.29) is 23.0 Å². The van der Waals surface area contributed by atoms with Gasteiger partial charge in [0.2, 0.25) is 0 Å². The highest BCUT2D eigenvalue weighted by molar-refractivity contribution is 7.91. The molecule has 0 aliphatic carbocycles. The molecule has 96 valence electrons. The van der Waals surface area contributed by atoms with E-state index < -0.39 is 9.84 Å². The predicted molar refractivity (Wildman–Crippen MR) is 65.8 cm³/mol. The van der Waals surface area contributed by atoms with Gasteiger partial charge in [-0.15, -0.1) is 0 Å². The van der Waals surface area contributed by atoms with Crippen molar-refractivity contribution < 1.29 is 18.6 Å². The van der Waals surface area contributed by atoms with Crippen molar-refractivity contribution in [3.63, 3.8) is 0 Å². The molecule has 0 radical (unpaired) electrons. The molecule has 1 aromatic rings. The number of phenolic OH excluding ortho intramolecular Hbond substituents is 2. The lowest BCUT2D eigenvalue weighted by Crippen LogP contribution is -2.23. The minimum Gasteiger partial charge on any atom is -0.504 e. The molecular formula is C11H17NO4S. The Labute approximate surface area is 101 Å². The van der Waals surface area contributed by atoms with Gasteiger partial charge in [-0.05, 0) is 17.7 Å². The van der Waals surface area contributed by atoms with Crippen LogP contribution in [0.4, 0.5) is 0 Å². The summed E-state index contributed by atoms with van der Waals surface area (Å²) in [7, 11) is -2.94. The Balaban J connectivity index is 2.39. The maximum absolute atomic E-state index is 11.2. The van der Waals surface area contributed by atoms with Crippen LogP contribution in [-0.2, 0) is 16.4 Å². The Morgan fingerprint density at radius 2 is 1.94 bits per heavy atom. The van der Waals surface area contributed by atoms with Crippen LogP contribution in [0.5, 0.6) is 11.5 Å². The van der Waals surface area contributed by atoms with E-state index in [2.05, 4.69) is 5.32 Å². The van der Waals surface area contributed by atoms with Crippen molar-refractivity contribution in [2.24, 2.45) is 0 Å². The minimum absolute atomic E-state index is 0.105. The fourth-order valence-corrected chi connectivity index (χ4v) is 2.03. The van der Waals surface area contributed by atoms with Gasteiger partial charge < -0.3 is 15.5 Å². The van der Waals surface area contributed by atoms with Crippen molar-refractivity contribution in [3.05, 3.63) is 23.8 Å². The standard InChI is InChI=1S/C11H17NO4S/c1-2-17(15,16)6-5-12-8-9-3-4-10(13)11(14)7-9/h3-4,7,12-14H,2,5-6,8H2,1H3. The first-order chi connectivity index (χ1) is 7.94. The lowest BCUT2D eigenvalue weighted by atomic mass is 10.2. The van der Waals surface area contributed by atoms with Crippen molar-refractivity contribution in [2.45, 2.75) is 13.5 Å². The molecule has 0 bridgehead atoms. The second kappa shape index (κ2) is 5.88. The number of benzene rings is 1. The summed E-state index contributed by atoms with van der Waals surface area (Å²) in [4.78, 5) is 0. The Bertz CT molecular complexity index is 470. The molecule has 0 spiro atoms. The highest BCUT2D eigenvalue weighted by Crippen LogP contribution is 2.24.